The van der Waals surface area contributed by atoms with Crippen molar-refractivity contribution in [3.8, 4) is 0 Å². The Hall–Kier alpha value is -1.05. The molecule has 0 aromatic carbocycles. The fourth-order valence-corrected chi connectivity index (χ4v) is 3.52. The Morgan fingerprint density at radius 3 is 2.71 bits per heavy atom. The molecule has 0 aromatic rings. The summed E-state index contributed by atoms with van der Waals surface area (Å²) in [6, 6.07) is 0. The van der Waals surface area contributed by atoms with Gasteiger partial charge >= 0.3 is 5.97 Å². The van der Waals surface area contributed by atoms with Gasteiger partial charge in [0, 0.05) is 5.57 Å². The Morgan fingerprint density at radius 2 is 2.06 bits per heavy atom. The molecule has 1 N–H and O–H groups in total. The van der Waals surface area contributed by atoms with Crippen LogP contribution in [-0.2, 0) is 4.79 Å². The van der Waals surface area contributed by atoms with Crippen LogP contribution in [-0.4, -0.2) is 11.1 Å². The standard InChI is InChI=1S/C15H22O2/c1-9-4-6-12(8-11(3)15(16)17)14-10(2)5-7-13(9)14/h8-9,12-13H,4-7H2,1-3H3,(H,16,17)/t9?,12-,13+/m0/s1. The van der Waals surface area contributed by atoms with Crippen LogP contribution in [0.5, 0.6) is 0 Å². The lowest BCUT2D eigenvalue weighted by Crippen LogP contribution is -2.23. The normalized spacial score (nSPS) is 33.8. The van der Waals surface area contributed by atoms with Crippen LogP contribution in [0.1, 0.15) is 46.5 Å². The number of fused-ring (bicyclic) bond motifs is 1. The zero-order valence-corrected chi connectivity index (χ0v) is 11.0. The summed E-state index contributed by atoms with van der Waals surface area (Å²) in [5.74, 6) is 1.09. The second-order valence-electron chi connectivity index (χ2n) is 5.70. The molecule has 0 spiro atoms. The Balaban J connectivity index is 2.27. The van der Waals surface area contributed by atoms with E-state index in [0.29, 0.717) is 17.4 Å². The summed E-state index contributed by atoms with van der Waals surface area (Å²) < 4.78 is 0. The molecular weight excluding hydrogens is 212 g/mol. The van der Waals surface area contributed by atoms with Gasteiger partial charge < -0.3 is 5.11 Å². The smallest absolute Gasteiger partial charge is 0.330 e. The summed E-state index contributed by atoms with van der Waals surface area (Å²) in [5.41, 5.74) is 3.57. The third-order valence-corrected chi connectivity index (χ3v) is 4.53. The second kappa shape index (κ2) is 4.67. The highest BCUT2D eigenvalue weighted by Crippen LogP contribution is 2.48. The molecular formula is C15H22O2. The van der Waals surface area contributed by atoms with Crippen LogP contribution >= 0.6 is 0 Å². The van der Waals surface area contributed by atoms with Crippen molar-refractivity contribution in [1.29, 1.82) is 0 Å². The van der Waals surface area contributed by atoms with Crippen LogP contribution in [0.2, 0.25) is 0 Å². The molecule has 1 saturated carbocycles. The van der Waals surface area contributed by atoms with Gasteiger partial charge in [0.2, 0.25) is 0 Å². The van der Waals surface area contributed by atoms with Crippen LogP contribution in [0, 0.1) is 17.8 Å². The molecule has 1 fully saturated rings. The molecule has 0 amide bonds. The number of carboxylic acid groups (broad SMARTS) is 1. The van der Waals surface area contributed by atoms with E-state index >= 15 is 0 Å². The molecule has 2 aliphatic carbocycles. The number of carboxylic acids is 1. The molecule has 0 saturated heterocycles. The van der Waals surface area contributed by atoms with Gasteiger partial charge in [0.15, 0.2) is 0 Å². The molecule has 0 aliphatic heterocycles. The lowest BCUT2D eigenvalue weighted by molar-refractivity contribution is -0.132. The number of rotatable bonds is 2. The van der Waals surface area contributed by atoms with Gasteiger partial charge in [-0.3, -0.25) is 0 Å². The molecule has 0 radical (unpaired) electrons. The first kappa shape index (κ1) is 12.4. The van der Waals surface area contributed by atoms with Gasteiger partial charge in [-0.25, -0.2) is 4.79 Å². The molecule has 94 valence electrons. The Labute approximate surface area is 103 Å². The molecule has 17 heavy (non-hydrogen) atoms. The van der Waals surface area contributed by atoms with Crippen LogP contribution in [0.3, 0.4) is 0 Å². The van der Waals surface area contributed by atoms with Crippen molar-refractivity contribution in [2.75, 3.05) is 0 Å². The van der Waals surface area contributed by atoms with E-state index < -0.39 is 5.97 Å². The molecule has 3 atom stereocenters. The highest BCUT2D eigenvalue weighted by molar-refractivity contribution is 5.85. The van der Waals surface area contributed by atoms with Crippen molar-refractivity contribution < 1.29 is 9.90 Å². The Kier molecular flexibility index (Phi) is 3.41. The van der Waals surface area contributed by atoms with Gasteiger partial charge in [-0.1, -0.05) is 24.1 Å². The van der Waals surface area contributed by atoms with Gasteiger partial charge in [-0.15, -0.1) is 0 Å². The number of hydrogen-bond acceptors (Lipinski definition) is 1. The van der Waals surface area contributed by atoms with Crippen LogP contribution in [0.25, 0.3) is 0 Å². The maximum atomic E-state index is 10.9. The summed E-state index contributed by atoms with van der Waals surface area (Å²) in [4.78, 5) is 10.9. The first-order valence-electron chi connectivity index (χ1n) is 6.62. The van der Waals surface area contributed by atoms with E-state index in [1.807, 2.05) is 6.08 Å². The summed E-state index contributed by atoms with van der Waals surface area (Å²) in [5, 5.41) is 8.99. The zero-order chi connectivity index (χ0) is 12.6. The maximum absolute atomic E-state index is 10.9. The molecule has 2 heteroatoms. The number of carbonyl (C=O) groups is 1. The third kappa shape index (κ3) is 2.31. The van der Waals surface area contributed by atoms with Crippen LogP contribution in [0.4, 0.5) is 0 Å². The predicted molar refractivity (Wildman–Crippen MR) is 68.7 cm³/mol. The zero-order valence-electron chi connectivity index (χ0n) is 11.0. The van der Waals surface area contributed by atoms with E-state index in [4.69, 9.17) is 5.11 Å². The average Bonchev–Trinajstić information content (AvgIpc) is 2.66. The number of hydrogen-bond donors (Lipinski definition) is 1. The first-order valence-corrected chi connectivity index (χ1v) is 6.62. The molecule has 0 bridgehead atoms. The van der Waals surface area contributed by atoms with Crippen molar-refractivity contribution >= 4 is 5.97 Å². The van der Waals surface area contributed by atoms with Crippen molar-refractivity contribution in [2.24, 2.45) is 17.8 Å². The molecule has 0 heterocycles. The van der Waals surface area contributed by atoms with Gasteiger partial charge in [0.1, 0.15) is 0 Å². The van der Waals surface area contributed by atoms with Gasteiger partial charge in [0.25, 0.3) is 0 Å². The van der Waals surface area contributed by atoms with Crippen LogP contribution < -0.4 is 0 Å². The Bertz CT molecular complexity index is 390. The SMILES string of the molecule is CC(=C[C@@H]1CCC(C)[C@H]2CCC(C)=C12)C(=O)O. The van der Waals surface area contributed by atoms with Crippen LogP contribution in [0.15, 0.2) is 22.8 Å². The van der Waals surface area contributed by atoms with E-state index in [2.05, 4.69) is 13.8 Å². The summed E-state index contributed by atoms with van der Waals surface area (Å²) in [6.45, 7) is 6.28. The summed E-state index contributed by atoms with van der Waals surface area (Å²) in [7, 11) is 0. The van der Waals surface area contributed by atoms with E-state index in [1.54, 1.807) is 12.5 Å². The summed E-state index contributed by atoms with van der Waals surface area (Å²) in [6.07, 6.45) is 6.81. The van der Waals surface area contributed by atoms with Crippen molar-refractivity contribution in [3.05, 3.63) is 22.8 Å². The van der Waals surface area contributed by atoms with Gasteiger partial charge in [-0.05, 0) is 57.3 Å². The second-order valence-corrected chi connectivity index (χ2v) is 5.70. The fraction of sp³-hybridized carbons (Fsp3) is 0.667. The topological polar surface area (TPSA) is 37.3 Å². The minimum absolute atomic E-state index is 0.384. The third-order valence-electron chi connectivity index (χ3n) is 4.53. The van der Waals surface area contributed by atoms with E-state index in [-0.39, 0.29) is 0 Å². The lowest BCUT2D eigenvalue weighted by Gasteiger charge is -2.34. The monoisotopic (exact) mass is 234 g/mol. The molecule has 2 aliphatic rings. The number of allylic oxidation sites excluding steroid dienone is 3. The highest BCUT2D eigenvalue weighted by Gasteiger charge is 2.35. The van der Waals surface area contributed by atoms with E-state index in [0.717, 1.165) is 12.3 Å². The quantitative estimate of drug-likeness (QED) is 0.583. The highest BCUT2D eigenvalue weighted by atomic mass is 16.4. The lowest BCUT2D eigenvalue weighted by atomic mass is 9.71. The maximum Gasteiger partial charge on any atom is 0.330 e. The molecule has 0 aromatic heterocycles. The molecule has 2 rings (SSSR count). The first-order chi connectivity index (χ1) is 8.00. The van der Waals surface area contributed by atoms with E-state index in [1.165, 1.54) is 24.8 Å². The van der Waals surface area contributed by atoms with Crippen molar-refractivity contribution in [2.45, 2.75) is 46.5 Å². The molecule has 2 nitrogen and oxygen atoms in total. The van der Waals surface area contributed by atoms with Gasteiger partial charge in [0.05, 0.1) is 0 Å². The average molecular weight is 234 g/mol. The van der Waals surface area contributed by atoms with Crippen molar-refractivity contribution in [3.63, 3.8) is 0 Å². The minimum Gasteiger partial charge on any atom is -0.478 e. The fourth-order valence-electron chi connectivity index (χ4n) is 3.52. The molecule has 1 unspecified atom stereocenters. The number of aliphatic carboxylic acids is 1. The van der Waals surface area contributed by atoms with Crippen molar-refractivity contribution in [1.82, 2.24) is 0 Å². The van der Waals surface area contributed by atoms with E-state index in [9.17, 15) is 4.79 Å². The largest absolute Gasteiger partial charge is 0.478 e. The predicted octanol–water partition coefficient (Wildman–Crippen LogP) is 3.79. The minimum atomic E-state index is -0.781. The van der Waals surface area contributed by atoms with Gasteiger partial charge in [-0.2, -0.15) is 0 Å². The summed E-state index contributed by atoms with van der Waals surface area (Å²) >= 11 is 0. The Morgan fingerprint density at radius 1 is 1.35 bits per heavy atom.